The van der Waals surface area contributed by atoms with Gasteiger partial charge in [-0.15, -0.1) is 0 Å². The molecule has 0 aromatic rings. The molecule has 0 radical (unpaired) electrons. The van der Waals surface area contributed by atoms with Gasteiger partial charge < -0.3 is 5.11 Å². The molecule has 5 heteroatoms. The van der Waals surface area contributed by atoms with E-state index in [0.29, 0.717) is 19.0 Å². The molecule has 2 nitrogen and oxygen atoms in total. The number of alkyl halides is 3. The van der Waals surface area contributed by atoms with Crippen LogP contribution in [0.3, 0.4) is 0 Å². The fraction of sp³-hybridized carbons (Fsp3) is 1.00. The molecular weight excluding hydrogens is 195 g/mol. The highest BCUT2D eigenvalue weighted by atomic mass is 19.4. The average Bonchev–Trinajstić information content (AvgIpc) is 2.75. The first kappa shape index (κ1) is 10.2. The van der Waals surface area contributed by atoms with Crippen molar-refractivity contribution in [2.75, 3.05) is 19.6 Å². The normalized spacial score (nSPS) is 27.4. The van der Waals surface area contributed by atoms with Gasteiger partial charge in [-0.05, 0) is 18.8 Å². The van der Waals surface area contributed by atoms with Gasteiger partial charge in [-0.1, -0.05) is 0 Å². The molecular formula is C9H14F3NO. The Hall–Kier alpha value is -0.290. The van der Waals surface area contributed by atoms with Gasteiger partial charge in [0.2, 0.25) is 0 Å². The van der Waals surface area contributed by atoms with Crippen molar-refractivity contribution in [3.63, 3.8) is 0 Å². The summed E-state index contributed by atoms with van der Waals surface area (Å²) in [6.45, 7) is 0.875. The molecule has 1 saturated heterocycles. The maximum atomic E-state index is 11.9. The lowest BCUT2D eigenvalue weighted by atomic mass is 9.88. The predicted molar refractivity (Wildman–Crippen MR) is 44.8 cm³/mol. The van der Waals surface area contributed by atoms with E-state index in [0.717, 1.165) is 12.8 Å². The Morgan fingerprint density at radius 3 is 2.29 bits per heavy atom. The Labute approximate surface area is 80.7 Å². The summed E-state index contributed by atoms with van der Waals surface area (Å²) in [7, 11) is 0. The Kier molecular flexibility index (Phi) is 2.27. The zero-order valence-corrected chi connectivity index (χ0v) is 7.85. The molecule has 1 aliphatic heterocycles. The number of likely N-dealkylation sites (tertiary alicyclic amines) is 1. The summed E-state index contributed by atoms with van der Waals surface area (Å²) in [6.07, 6.45) is -2.78. The number of hydrogen-bond donors (Lipinski definition) is 1. The largest absolute Gasteiger partial charge is 0.390 e. The monoisotopic (exact) mass is 209 g/mol. The van der Waals surface area contributed by atoms with Crippen molar-refractivity contribution in [3.8, 4) is 0 Å². The summed E-state index contributed by atoms with van der Waals surface area (Å²) in [5.41, 5.74) is -0.661. The first-order valence-corrected chi connectivity index (χ1v) is 4.91. The minimum atomic E-state index is -4.08. The van der Waals surface area contributed by atoms with E-state index in [2.05, 4.69) is 0 Å². The van der Waals surface area contributed by atoms with E-state index in [9.17, 15) is 18.3 Å². The molecule has 0 aromatic carbocycles. The molecule has 1 heterocycles. The number of halogens is 3. The molecule has 0 amide bonds. The van der Waals surface area contributed by atoms with Crippen molar-refractivity contribution in [3.05, 3.63) is 0 Å². The Morgan fingerprint density at radius 1 is 1.29 bits per heavy atom. The topological polar surface area (TPSA) is 23.5 Å². The molecule has 0 spiro atoms. The lowest BCUT2D eigenvalue weighted by molar-refractivity contribution is -0.158. The van der Waals surface area contributed by atoms with Crippen LogP contribution in [0, 0.1) is 5.92 Å². The van der Waals surface area contributed by atoms with Crippen LogP contribution < -0.4 is 0 Å². The molecule has 0 unspecified atom stereocenters. The molecule has 1 saturated carbocycles. The third-order valence-corrected chi connectivity index (χ3v) is 3.04. The van der Waals surface area contributed by atoms with Crippen LogP contribution in [0.5, 0.6) is 0 Å². The smallest absolute Gasteiger partial charge is 0.387 e. The maximum absolute atomic E-state index is 11.9. The van der Waals surface area contributed by atoms with Gasteiger partial charge in [-0.3, -0.25) is 4.90 Å². The summed E-state index contributed by atoms with van der Waals surface area (Å²) in [6, 6.07) is 0. The van der Waals surface area contributed by atoms with Crippen LogP contribution in [0.15, 0.2) is 0 Å². The highest BCUT2D eigenvalue weighted by Crippen LogP contribution is 2.44. The first-order valence-electron chi connectivity index (χ1n) is 4.91. The molecule has 0 aromatic heterocycles. The van der Waals surface area contributed by atoms with Gasteiger partial charge in [0, 0.05) is 19.6 Å². The van der Waals surface area contributed by atoms with Gasteiger partial charge in [0.15, 0.2) is 0 Å². The molecule has 82 valence electrons. The minimum Gasteiger partial charge on any atom is -0.387 e. The average molecular weight is 209 g/mol. The summed E-state index contributed by atoms with van der Waals surface area (Å²) < 4.78 is 35.6. The van der Waals surface area contributed by atoms with E-state index >= 15 is 0 Å². The van der Waals surface area contributed by atoms with Crippen LogP contribution in [0.2, 0.25) is 0 Å². The van der Waals surface area contributed by atoms with Crippen molar-refractivity contribution < 1.29 is 18.3 Å². The molecule has 2 rings (SSSR count). The Balaban J connectivity index is 1.67. The second-order valence-electron chi connectivity index (χ2n) is 4.45. The second kappa shape index (κ2) is 3.10. The fourth-order valence-corrected chi connectivity index (χ4v) is 2.05. The number of rotatable bonds is 3. The van der Waals surface area contributed by atoms with Crippen LogP contribution in [0.25, 0.3) is 0 Å². The zero-order valence-electron chi connectivity index (χ0n) is 7.85. The van der Waals surface area contributed by atoms with Crippen LogP contribution in [-0.2, 0) is 0 Å². The minimum absolute atomic E-state index is 0.0263. The van der Waals surface area contributed by atoms with Crippen molar-refractivity contribution in [1.82, 2.24) is 4.90 Å². The molecule has 2 aliphatic rings. The second-order valence-corrected chi connectivity index (χ2v) is 4.45. The van der Waals surface area contributed by atoms with E-state index < -0.39 is 18.2 Å². The first-order chi connectivity index (χ1) is 6.39. The number of hydrogen-bond acceptors (Lipinski definition) is 2. The van der Waals surface area contributed by atoms with Crippen molar-refractivity contribution in [2.24, 2.45) is 5.92 Å². The summed E-state index contributed by atoms with van der Waals surface area (Å²) in [5, 5.41) is 9.83. The van der Waals surface area contributed by atoms with Gasteiger partial charge in [0.25, 0.3) is 0 Å². The summed E-state index contributed by atoms with van der Waals surface area (Å²) in [4.78, 5) is 1.67. The zero-order chi connectivity index (χ0) is 10.4. The van der Waals surface area contributed by atoms with Gasteiger partial charge in [-0.25, -0.2) is 0 Å². The van der Waals surface area contributed by atoms with Gasteiger partial charge >= 0.3 is 6.18 Å². The lowest BCUT2D eigenvalue weighted by Crippen LogP contribution is -2.63. The van der Waals surface area contributed by atoms with Crippen molar-refractivity contribution in [2.45, 2.75) is 31.0 Å². The van der Waals surface area contributed by atoms with E-state index in [1.54, 1.807) is 4.90 Å². The van der Waals surface area contributed by atoms with Crippen LogP contribution >= 0.6 is 0 Å². The van der Waals surface area contributed by atoms with E-state index in [4.69, 9.17) is 0 Å². The summed E-state index contributed by atoms with van der Waals surface area (Å²) >= 11 is 0. The van der Waals surface area contributed by atoms with Crippen LogP contribution in [0.1, 0.15) is 19.3 Å². The van der Waals surface area contributed by atoms with E-state index in [1.807, 2.05) is 0 Å². The Bertz CT molecular complexity index is 219. The summed E-state index contributed by atoms with van der Waals surface area (Å²) in [5.74, 6) is 0.352. The SMILES string of the molecule is OC1(C2CC2)CN(CCC(F)(F)F)C1. The van der Waals surface area contributed by atoms with Crippen molar-refractivity contribution >= 4 is 0 Å². The molecule has 0 bridgehead atoms. The van der Waals surface area contributed by atoms with Crippen LogP contribution in [0.4, 0.5) is 13.2 Å². The van der Waals surface area contributed by atoms with E-state index in [1.165, 1.54) is 0 Å². The number of aliphatic hydroxyl groups is 1. The Morgan fingerprint density at radius 2 is 1.86 bits per heavy atom. The third-order valence-electron chi connectivity index (χ3n) is 3.04. The molecule has 2 fully saturated rings. The standard InChI is InChI=1S/C9H14F3NO/c10-9(11,12)3-4-13-5-8(14,6-13)7-1-2-7/h7,14H,1-6H2. The predicted octanol–water partition coefficient (Wildman–Crippen LogP) is 1.40. The number of β-amino-alcohol motifs (C(OH)–C–C–N with tert-alkyl or cyclic N) is 1. The molecule has 0 atom stereocenters. The van der Waals surface area contributed by atoms with Gasteiger partial charge in [0.1, 0.15) is 0 Å². The highest BCUT2D eigenvalue weighted by molar-refractivity contribution is 5.05. The highest BCUT2D eigenvalue weighted by Gasteiger charge is 2.51. The molecule has 1 aliphatic carbocycles. The van der Waals surface area contributed by atoms with Crippen molar-refractivity contribution in [1.29, 1.82) is 0 Å². The fourth-order valence-electron chi connectivity index (χ4n) is 2.05. The quantitative estimate of drug-likeness (QED) is 0.759. The number of nitrogens with zero attached hydrogens (tertiary/aromatic N) is 1. The maximum Gasteiger partial charge on any atom is 0.390 e. The van der Waals surface area contributed by atoms with Crippen LogP contribution in [-0.4, -0.2) is 41.4 Å². The van der Waals surface area contributed by atoms with Gasteiger partial charge in [0.05, 0.1) is 12.0 Å². The van der Waals surface area contributed by atoms with Gasteiger partial charge in [-0.2, -0.15) is 13.2 Å². The third kappa shape index (κ3) is 2.20. The molecule has 1 N–H and O–H groups in total. The van der Waals surface area contributed by atoms with E-state index in [-0.39, 0.29) is 6.54 Å². The molecule has 14 heavy (non-hydrogen) atoms. The lowest BCUT2D eigenvalue weighted by Gasteiger charge is -2.47.